The van der Waals surface area contributed by atoms with Crippen LogP contribution in [0.3, 0.4) is 0 Å². The minimum absolute atomic E-state index is 0.430. The lowest BCUT2D eigenvalue weighted by atomic mass is 9.91. The molecule has 1 nitrogen and oxygen atoms in total. The van der Waals surface area contributed by atoms with Crippen LogP contribution in [0.1, 0.15) is 33.6 Å². The minimum atomic E-state index is 0.430. The van der Waals surface area contributed by atoms with E-state index in [0.29, 0.717) is 27.4 Å². The number of benzene rings is 1. The van der Waals surface area contributed by atoms with Gasteiger partial charge >= 0.3 is 0 Å². The maximum Gasteiger partial charge on any atom is 0.0441 e. The molecule has 1 aromatic rings. The monoisotopic (exact) mass is 271 g/mol. The SMILES string of the molecule is CC1CC(C)(C)CC1Nc1cc(Cl)cc(Cl)c1. The highest BCUT2D eigenvalue weighted by Crippen LogP contribution is 2.42. The van der Waals surface area contributed by atoms with E-state index >= 15 is 0 Å². The van der Waals surface area contributed by atoms with E-state index in [2.05, 4.69) is 26.1 Å². The molecule has 1 N–H and O–H groups in total. The van der Waals surface area contributed by atoms with Crippen molar-refractivity contribution in [2.75, 3.05) is 5.32 Å². The maximum atomic E-state index is 6.00. The van der Waals surface area contributed by atoms with Gasteiger partial charge in [-0.15, -0.1) is 0 Å². The smallest absolute Gasteiger partial charge is 0.0441 e. The highest BCUT2D eigenvalue weighted by molar-refractivity contribution is 6.35. The summed E-state index contributed by atoms with van der Waals surface area (Å²) in [6.07, 6.45) is 2.46. The van der Waals surface area contributed by atoms with Crippen molar-refractivity contribution < 1.29 is 0 Å². The van der Waals surface area contributed by atoms with Crippen molar-refractivity contribution in [3.63, 3.8) is 0 Å². The van der Waals surface area contributed by atoms with E-state index in [1.807, 2.05) is 12.1 Å². The molecule has 2 rings (SSSR count). The van der Waals surface area contributed by atoms with Crippen LogP contribution in [0.5, 0.6) is 0 Å². The lowest BCUT2D eigenvalue weighted by molar-refractivity contribution is 0.366. The molecule has 3 heteroatoms. The second-order valence-electron chi connectivity index (χ2n) is 5.96. The van der Waals surface area contributed by atoms with E-state index in [-0.39, 0.29) is 0 Å². The van der Waals surface area contributed by atoms with E-state index in [0.717, 1.165) is 5.69 Å². The van der Waals surface area contributed by atoms with E-state index < -0.39 is 0 Å². The predicted octanol–water partition coefficient (Wildman–Crippen LogP) is 5.23. The molecule has 1 aliphatic rings. The molecule has 0 saturated heterocycles. The van der Waals surface area contributed by atoms with Crippen LogP contribution in [-0.4, -0.2) is 6.04 Å². The summed E-state index contributed by atoms with van der Waals surface area (Å²) in [5, 5.41) is 4.93. The molecule has 0 heterocycles. The van der Waals surface area contributed by atoms with Crippen molar-refractivity contribution in [3.8, 4) is 0 Å². The molecule has 2 atom stereocenters. The zero-order valence-corrected chi connectivity index (χ0v) is 12.1. The zero-order valence-electron chi connectivity index (χ0n) is 10.6. The molecule has 1 aromatic carbocycles. The number of hydrogen-bond acceptors (Lipinski definition) is 1. The van der Waals surface area contributed by atoms with Crippen molar-refractivity contribution in [1.82, 2.24) is 0 Å². The second kappa shape index (κ2) is 4.70. The fourth-order valence-electron chi connectivity index (χ4n) is 2.94. The summed E-state index contributed by atoms with van der Waals surface area (Å²) in [5.74, 6) is 0.683. The average molecular weight is 272 g/mol. The van der Waals surface area contributed by atoms with Crippen molar-refractivity contribution in [2.45, 2.75) is 39.7 Å². The maximum absolute atomic E-state index is 6.00. The fraction of sp³-hybridized carbons (Fsp3) is 0.571. The normalized spacial score (nSPS) is 27.1. The van der Waals surface area contributed by atoms with Gasteiger partial charge in [-0.2, -0.15) is 0 Å². The van der Waals surface area contributed by atoms with Crippen LogP contribution in [0.15, 0.2) is 18.2 Å². The lowest BCUT2D eigenvalue weighted by Gasteiger charge is -2.20. The first-order valence-electron chi connectivity index (χ1n) is 6.08. The number of rotatable bonds is 2. The lowest BCUT2D eigenvalue weighted by Crippen LogP contribution is -2.22. The first-order chi connectivity index (χ1) is 7.85. The third kappa shape index (κ3) is 3.29. The van der Waals surface area contributed by atoms with Crippen LogP contribution in [0.25, 0.3) is 0 Å². The second-order valence-corrected chi connectivity index (χ2v) is 6.83. The van der Waals surface area contributed by atoms with Crippen LogP contribution in [0, 0.1) is 11.3 Å². The molecule has 1 fully saturated rings. The van der Waals surface area contributed by atoms with Gasteiger partial charge in [-0.25, -0.2) is 0 Å². The first-order valence-corrected chi connectivity index (χ1v) is 6.84. The standard InChI is InChI=1S/C14H19Cl2N/c1-9-7-14(2,3)8-13(9)17-12-5-10(15)4-11(16)6-12/h4-6,9,13,17H,7-8H2,1-3H3. The molecule has 2 unspecified atom stereocenters. The van der Waals surface area contributed by atoms with Crippen LogP contribution < -0.4 is 5.32 Å². The van der Waals surface area contributed by atoms with E-state index in [4.69, 9.17) is 23.2 Å². The van der Waals surface area contributed by atoms with Gasteiger partial charge in [-0.05, 0) is 42.4 Å². The topological polar surface area (TPSA) is 12.0 Å². The van der Waals surface area contributed by atoms with Gasteiger partial charge < -0.3 is 5.32 Å². The van der Waals surface area contributed by atoms with Crippen molar-refractivity contribution in [1.29, 1.82) is 0 Å². The Hall–Kier alpha value is -0.400. The van der Waals surface area contributed by atoms with Gasteiger partial charge in [-0.3, -0.25) is 0 Å². The molecular formula is C14H19Cl2N. The summed E-state index contributed by atoms with van der Waals surface area (Å²) in [7, 11) is 0. The average Bonchev–Trinajstić information content (AvgIpc) is 2.37. The number of anilines is 1. The molecule has 0 bridgehead atoms. The van der Waals surface area contributed by atoms with Crippen LogP contribution in [0.2, 0.25) is 10.0 Å². The Labute approximate surface area is 114 Å². The van der Waals surface area contributed by atoms with E-state index in [9.17, 15) is 0 Å². The predicted molar refractivity (Wildman–Crippen MR) is 76.1 cm³/mol. The largest absolute Gasteiger partial charge is 0.382 e. The van der Waals surface area contributed by atoms with E-state index in [1.54, 1.807) is 6.07 Å². The van der Waals surface area contributed by atoms with E-state index in [1.165, 1.54) is 12.8 Å². The van der Waals surface area contributed by atoms with Crippen LogP contribution in [0.4, 0.5) is 5.69 Å². The van der Waals surface area contributed by atoms with Gasteiger partial charge in [0, 0.05) is 21.8 Å². The van der Waals surface area contributed by atoms with Crippen molar-refractivity contribution in [2.24, 2.45) is 11.3 Å². The molecule has 0 amide bonds. The quantitative estimate of drug-likeness (QED) is 0.777. The Bertz CT molecular complexity index is 394. The Morgan fingerprint density at radius 2 is 1.71 bits per heavy atom. The summed E-state index contributed by atoms with van der Waals surface area (Å²) < 4.78 is 0. The van der Waals surface area contributed by atoms with Gasteiger partial charge in [0.15, 0.2) is 0 Å². The third-order valence-corrected chi connectivity index (χ3v) is 3.99. The Kier molecular flexibility index (Phi) is 3.61. The molecule has 1 aliphatic carbocycles. The summed E-state index contributed by atoms with van der Waals surface area (Å²) in [4.78, 5) is 0. The number of nitrogens with one attached hydrogen (secondary N) is 1. The Balaban J connectivity index is 2.11. The van der Waals surface area contributed by atoms with Crippen molar-refractivity contribution >= 4 is 28.9 Å². The molecule has 17 heavy (non-hydrogen) atoms. The summed E-state index contributed by atoms with van der Waals surface area (Å²) in [6, 6.07) is 6.15. The fourth-order valence-corrected chi connectivity index (χ4v) is 3.46. The summed E-state index contributed by atoms with van der Waals surface area (Å²) >= 11 is 12.0. The number of halogens is 2. The molecule has 0 aliphatic heterocycles. The van der Waals surface area contributed by atoms with Gasteiger partial charge in [0.1, 0.15) is 0 Å². The molecular weight excluding hydrogens is 253 g/mol. The van der Waals surface area contributed by atoms with Gasteiger partial charge in [0.25, 0.3) is 0 Å². The van der Waals surface area contributed by atoms with Crippen LogP contribution in [-0.2, 0) is 0 Å². The first kappa shape index (κ1) is 13.0. The van der Waals surface area contributed by atoms with Crippen LogP contribution >= 0.6 is 23.2 Å². The minimum Gasteiger partial charge on any atom is -0.382 e. The summed E-state index contributed by atoms with van der Waals surface area (Å²) in [6.45, 7) is 6.96. The molecule has 0 aromatic heterocycles. The zero-order chi connectivity index (χ0) is 12.6. The highest BCUT2D eigenvalue weighted by atomic mass is 35.5. The summed E-state index contributed by atoms with van der Waals surface area (Å²) in [5.41, 5.74) is 1.46. The molecule has 1 saturated carbocycles. The Morgan fingerprint density at radius 1 is 1.12 bits per heavy atom. The molecule has 94 valence electrons. The third-order valence-electron chi connectivity index (χ3n) is 3.55. The number of hydrogen-bond donors (Lipinski definition) is 1. The Morgan fingerprint density at radius 3 is 2.18 bits per heavy atom. The van der Waals surface area contributed by atoms with Crippen molar-refractivity contribution in [3.05, 3.63) is 28.2 Å². The van der Waals surface area contributed by atoms with Gasteiger partial charge in [0.05, 0.1) is 0 Å². The van der Waals surface area contributed by atoms with Gasteiger partial charge in [0.2, 0.25) is 0 Å². The molecule has 0 radical (unpaired) electrons. The van der Waals surface area contributed by atoms with Gasteiger partial charge in [-0.1, -0.05) is 44.0 Å². The highest BCUT2D eigenvalue weighted by Gasteiger charge is 2.36. The molecule has 0 spiro atoms.